The van der Waals surface area contributed by atoms with E-state index in [9.17, 15) is 10.1 Å². The second-order valence-corrected chi connectivity index (χ2v) is 7.67. The summed E-state index contributed by atoms with van der Waals surface area (Å²) in [7, 11) is -0.903. The summed E-state index contributed by atoms with van der Waals surface area (Å²) in [5.74, 6) is 0.866. The zero-order chi connectivity index (χ0) is 18.8. The molecule has 1 heterocycles. The number of aliphatic hydroxyl groups is 1. The zero-order valence-corrected chi connectivity index (χ0v) is 15.5. The zero-order valence-electron chi connectivity index (χ0n) is 14.7. The molecule has 1 aliphatic heterocycles. The number of nitrogens with two attached hydrogens (primary N) is 1. The van der Waals surface area contributed by atoms with Crippen molar-refractivity contribution in [1.82, 2.24) is 0 Å². The summed E-state index contributed by atoms with van der Waals surface area (Å²) in [6, 6.07) is 21.4. The van der Waals surface area contributed by atoms with Gasteiger partial charge in [0.1, 0.15) is 6.10 Å². The minimum Gasteiger partial charge on any atom is -0.423 e. The maximum Gasteiger partial charge on any atom is 0.491 e. The number of hydrogen-bond acceptors (Lipinski definition) is 5. The molecule has 0 amide bonds. The van der Waals surface area contributed by atoms with Crippen LogP contribution < -0.4 is 11.2 Å². The normalized spacial score (nSPS) is 14.2. The van der Waals surface area contributed by atoms with Gasteiger partial charge in [-0.25, -0.2) is 0 Å². The van der Waals surface area contributed by atoms with Crippen molar-refractivity contribution in [3.05, 3.63) is 89.0 Å². The molecule has 0 saturated heterocycles. The van der Waals surface area contributed by atoms with Crippen molar-refractivity contribution in [1.29, 1.82) is 0 Å². The molecule has 1 aliphatic rings. The van der Waals surface area contributed by atoms with Crippen molar-refractivity contribution in [2.75, 3.05) is 5.73 Å². The third kappa shape index (κ3) is 4.04. The van der Waals surface area contributed by atoms with E-state index in [0.717, 1.165) is 38.5 Å². The van der Waals surface area contributed by atoms with Crippen molar-refractivity contribution in [3.8, 4) is 0 Å². The van der Waals surface area contributed by atoms with Crippen molar-refractivity contribution in [3.63, 3.8) is 0 Å². The number of rotatable bonds is 5. The molecule has 27 heavy (non-hydrogen) atoms. The van der Waals surface area contributed by atoms with Crippen LogP contribution in [0.25, 0.3) is 0 Å². The Bertz CT molecular complexity index is 931. The molecule has 0 bridgehead atoms. The summed E-state index contributed by atoms with van der Waals surface area (Å²) < 4.78 is 5.21. The number of nitrogen functional groups attached to an aromatic ring is 1. The molecular weight excluding hydrogens is 357 g/mol. The number of benzene rings is 3. The van der Waals surface area contributed by atoms with Crippen LogP contribution in [0.5, 0.6) is 0 Å². The van der Waals surface area contributed by atoms with Crippen LogP contribution in [0.2, 0.25) is 0 Å². The first-order chi connectivity index (χ1) is 13.1. The average Bonchev–Trinajstić information content (AvgIpc) is 3.08. The lowest BCUT2D eigenvalue weighted by Gasteiger charge is -2.13. The third-order valence-corrected chi connectivity index (χ3v) is 5.81. The van der Waals surface area contributed by atoms with E-state index in [1.807, 2.05) is 66.7 Å². The van der Waals surface area contributed by atoms with E-state index >= 15 is 0 Å². The van der Waals surface area contributed by atoms with Gasteiger partial charge < -0.3 is 20.5 Å². The highest BCUT2D eigenvalue weighted by molar-refractivity contribution is 7.98. The molecule has 3 aromatic carbocycles. The number of thioether (sulfide) groups is 1. The minimum absolute atomic E-state index is 0.410. The van der Waals surface area contributed by atoms with Gasteiger partial charge in [-0.05, 0) is 52.0 Å². The van der Waals surface area contributed by atoms with Gasteiger partial charge in [0, 0.05) is 16.3 Å². The van der Waals surface area contributed by atoms with Crippen LogP contribution >= 0.6 is 11.8 Å². The largest absolute Gasteiger partial charge is 0.491 e. The van der Waals surface area contributed by atoms with E-state index in [2.05, 4.69) is 0 Å². The lowest BCUT2D eigenvalue weighted by Crippen LogP contribution is -2.28. The summed E-state index contributed by atoms with van der Waals surface area (Å²) in [5.41, 5.74) is 11.0. The fourth-order valence-electron chi connectivity index (χ4n) is 3.12. The average molecular weight is 377 g/mol. The van der Waals surface area contributed by atoms with Gasteiger partial charge in [0.25, 0.3) is 0 Å². The van der Waals surface area contributed by atoms with E-state index in [1.165, 1.54) is 5.56 Å². The SMILES string of the molecule is Nc1ccc(CSc2ccc(C(O)c3ccc4c(c3)B(O)OC4)cc2)cc1. The van der Waals surface area contributed by atoms with Crippen LogP contribution in [0.4, 0.5) is 5.69 Å². The maximum atomic E-state index is 10.7. The van der Waals surface area contributed by atoms with Crippen LogP contribution in [0.3, 0.4) is 0 Å². The monoisotopic (exact) mass is 377 g/mol. The fourth-order valence-corrected chi connectivity index (χ4v) is 3.98. The van der Waals surface area contributed by atoms with E-state index < -0.39 is 13.2 Å². The maximum absolute atomic E-state index is 10.7. The quantitative estimate of drug-likeness (QED) is 0.362. The summed E-state index contributed by atoms with van der Waals surface area (Å²) >= 11 is 1.74. The Balaban J connectivity index is 1.44. The summed E-state index contributed by atoms with van der Waals surface area (Å²) in [6.07, 6.45) is -0.737. The lowest BCUT2D eigenvalue weighted by atomic mass is 9.78. The Morgan fingerprint density at radius 1 is 1.00 bits per heavy atom. The van der Waals surface area contributed by atoms with Gasteiger partial charge in [0.2, 0.25) is 0 Å². The van der Waals surface area contributed by atoms with E-state index in [4.69, 9.17) is 10.4 Å². The van der Waals surface area contributed by atoms with Gasteiger partial charge in [-0.1, -0.05) is 42.5 Å². The molecule has 0 saturated carbocycles. The van der Waals surface area contributed by atoms with Crippen LogP contribution in [0.15, 0.2) is 71.6 Å². The van der Waals surface area contributed by atoms with Crippen molar-refractivity contribution in [2.45, 2.75) is 23.4 Å². The van der Waals surface area contributed by atoms with Crippen LogP contribution in [-0.2, 0) is 17.0 Å². The highest BCUT2D eigenvalue weighted by Gasteiger charge is 2.28. The van der Waals surface area contributed by atoms with Crippen LogP contribution in [-0.4, -0.2) is 17.2 Å². The highest BCUT2D eigenvalue weighted by atomic mass is 32.2. The topological polar surface area (TPSA) is 75.7 Å². The third-order valence-electron chi connectivity index (χ3n) is 4.73. The first-order valence-electron chi connectivity index (χ1n) is 8.78. The highest BCUT2D eigenvalue weighted by Crippen LogP contribution is 2.27. The molecule has 6 heteroatoms. The van der Waals surface area contributed by atoms with Gasteiger partial charge >= 0.3 is 7.12 Å². The molecule has 0 aliphatic carbocycles. The van der Waals surface area contributed by atoms with Crippen LogP contribution in [0.1, 0.15) is 28.4 Å². The van der Waals surface area contributed by atoms with Gasteiger partial charge in [-0.15, -0.1) is 11.8 Å². The minimum atomic E-state index is -0.903. The van der Waals surface area contributed by atoms with E-state index in [0.29, 0.717) is 6.61 Å². The Labute approximate surface area is 163 Å². The summed E-state index contributed by atoms with van der Waals surface area (Å²) in [5, 5.41) is 20.5. The van der Waals surface area contributed by atoms with Gasteiger partial charge in [0.15, 0.2) is 0 Å². The lowest BCUT2D eigenvalue weighted by molar-refractivity contribution is 0.220. The predicted octanol–water partition coefficient (Wildman–Crippen LogP) is 2.86. The smallest absolute Gasteiger partial charge is 0.423 e. The predicted molar refractivity (Wildman–Crippen MR) is 110 cm³/mol. The molecule has 1 unspecified atom stereocenters. The molecule has 0 spiro atoms. The Hall–Kier alpha value is -2.25. The second kappa shape index (κ2) is 7.78. The first-order valence-corrected chi connectivity index (χ1v) is 9.76. The molecule has 1 atom stereocenters. The molecule has 3 aromatic rings. The summed E-state index contributed by atoms with van der Waals surface area (Å²) in [4.78, 5) is 1.14. The van der Waals surface area contributed by atoms with E-state index in [1.54, 1.807) is 11.8 Å². The van der Waals surface area contributed by atoms with Crippen molar-refractivity contribution in [2.24, 2.45) is 0 Å². The van der Waals surface area contributed by atoms with Gasteiger partial charge in [-0.2, -0.15) is 0 Å². The first kappa shape index (κ1) is 18.1. The van der Waals surface area contributed by atoms with Gasteiger partial charge in [-0.3, -0.25) is 0 Å². The Morgan fingerprint density at radius 2 is 1.70 bits per heavy atom. The molecule has 136 valence electrons. The number of anilines is 1. The molecule has 0 radical (unpaired) electrons. The Kier molecular flexibility index (Phi) is 5.23. The molecule has 4 N–H and O–H groups in total. The Morgan fingerprint density at radius 3 is 2.44 bits per heavy atom. The standard InChI is InChI=1S/C21H20BNO3S/c23-18-7-1-14(2-8-18)13-27-19-9-5-15(6-10-19)21(24)16-3-4-17-12-26-22(25)20(17)11-16/h1-11,21,24-25H,12-13,23H2. The molecule has 0 aromatic heterocycles. The van der Waals surface area contributed by atoms with Crippen LogP contribution in [0, 0.1) is 0 Å². The fraction of sp³-hybridized carbons (Fsp3) is 0.143. The number of fused-ring (bicyclic) bond motifs is 1. The molecule has 0 fully saturated rings. The van der Waals surface area contributed by atoms with E-state index in [-0.39, 0.29) is 0 Å². The summed E-state index contributed by atoms with van der Waals surface area (Å²) in [6.45, 7) is 0.410. The molecule has 4 rings (SSSR count). The van der Waals surface area contributed by atoms with Crippen molar-refractivity contribution < 1.29 is 14.8 Å². The number of hydrogen-bond donors (Lipinski definition) is 3. The molecule has 4 nitrogen and oxygen atoms in total. The van der Waals surface area contributed by atoms with Crippen molar-refractivity contribution >= 4 is 30.0 Å². The second-order valence-electron chi connectivity index (χ2n) is 6.62. The van der Waals surface area contributed by atoms with Gasteiger partial charge in [0.05, 0.1) is 6.61 Å². The number of aliphatic hydroxyl groups excluding tert-OH is 1. The molecular formula is C21H20BNO3S.